The molecule has 0 aliphatic carbocycles. The van der Waals surface area contributed by atoms with E-state index in [0.29, 0.717) is 29.2 Å². The van der Waals surface area contributed by atoms with Crippen molar-refractivity contribution in [2.24, 2.45) is 10.1 Å². The molecule has 0 aromatic heterocycles. The van der Waals surface area contributed by atoms with Crippen LogP contribution in [0.1, 0.15) is 16.7 Å². The molecule has 0 atom stereocenters. The second kappa shape index (κ2) is 10.5. The van der Waals surface area contributed by atoms with E-state index in [1.807, 2.05) is 79.7 Å². The molecule has 0 fully saturated rings. The first-order valence-electron chi connectivity index (χ1n) is 11.1. The number of carbonyl (C=O) groups excluding carboxylic acids is 1. The molecule has 36 heavy (non-hydrogen) atoms. The van der Waals surface area contributed by atoms with Gasteiger partial charge in [0, 0.05) is 10.0 Å². The normalized spacial score (nSPS) is 16.1. The number of ether oxygens (including phenoxy) is 2. The Kier molecular flexibility index (Phi) is 7.02. The summed E-state index contributed by atoms with van der Waals surface area (Å²) in [7, 11) is 0. The quantitative estimate of drug-likeness (QED) is 0.288. The number of aryl methyl sites for hydroxylation is 1. The maximum absolute atomic E-state index is 12.7. The largest absolute Gasteiger partial charge is 0.490 e. The van der Waals surface area contributed by atoms with Gasteiger partial charge in [-0.2, -0.15) is 15.1 Å². The van der Waals surface area contributed by atoms with E-state index in [2.05, 4.69) is 26.0 Å². The smallest absolute Gasteiger partial charge is 0.283 e. The summed E-state index contributed by atoms with van der Waals surface area (Å²) in [5, 5.41) is 15.6. The number of amides is 1. The van der Waals surface area contributed by atoms with Gasteiger partial charge in [-0.25, -0.2) is 0 Å². The molecular weight excluding hydrogens is 540 g/mol. The number of nitrogens with one attached hydrogen (secondary N) is 1. The number of aliphatic imine (C=N–C) groups is 1. The fourth-order valence-corrected chi connectivity index (χ4v) is 4.64. The maximum Gasteiger partial charge on any atom is 0.283 e. The van der Waals surface area contributed by atoms with Crippen molar-refractivity contribution in [2.75, 3.05) is 13.2 Å². The molecule has 0 saturated heterocycles. The van der Waals surface area contributed by atoms with Gasteiger partial charge in [-0.1, -0.05) is 57.9 Å². The fraction of sp³-hybridized carbons (Fsp3) is 0.111. The van der Waals surface area contributed by atoms with Gasteiger partial charge in [0.25, 0.3) is 5.91 Å². The lowest BCUT2D eigenvalue weighted by molar-refractivity contribution is -0.114. The number of rotatable bonds is 7. The van der Waals surface area contributed by atoms with E-state index < -0.39 is 5.91 Å². The van der Waals surface area contributed by atoms with Gasteiger partial charge < -0.3 is 9.47 Å². The Balaban J connectivity index is 1.22. The average molecular weight is 561 g/mol. The average Bonchev–Trinajstić information content (AvgIpc) is 3.31. The van der Waals surface area contributed by atoms with Crippen LogP contribution in [-0.4, -0.2) is 40.2 Å². The second-order valence-electron chi connectivity index (χ2n) is 8.01. The summed E-state index contributed by atoms with van der Waals surface area (Å²) >= 11 is 4.68. The highest BCUT2D eigenvalue weighted by Crippen LogP contribution is 2.31. The number of hydrazone groups is 1. The summed E-state index contributed by atoms with van der Waals surface area (Å²) in [5.74, 6) is 1.01. The van der Waals surface area contributed by atoms with Crippen molar-refractivity contribution in [2.45, 2.75) is 6.92 Å². The number of hydrogen-bond acceptors (Lipinski definition) is 6. The molecule has 0 saturated carbocycles. The van der Waals surface area contributed by atoms with Gasteiger partial charge in [-0.05, 0) is 66.7 Å². The molecule has 0 spiro atoms. The number of nitrogens with zero attached hydrogens (tertiary/aromatic N) is 3. The van der Waals surface area contributed by atoms with Crippen molar-refractivity contribution in [3.63, 3.8) is 0 Å². The Bertz CT molecular complexity index is 1400. The highest BCUT2D eigenvalue weighted by atomic mass is 79.9. The van der Waals surface area contributed by atoms with Gasteiger partial charge in [0.2, 0.25) is 5.17 Å². The van der Waals surface area contributed by atoms with Crippen molar-refractivity contribution in [1.82, 2.24) is 5.01 Å². The van der Waals surface area contributed by atoms with Crippen LogP contribution in [0.4, 0.5) is 0 Å². The van der Waals surface area contributed by atoms with E-state index in [9.17, 15) is 4.79 Å². The number of amidine groups is 2. The Labute approximate surface area is 221 Å². The number of thioether (sulfide) groups is 1. The standard InChI is InChI=1S/C27H21BrN4O3S/c1-17-2-6-19(7-3-17)26-31-32-24(29)23(25(33)30-27(32)36-26)16-18-4-10-21(11-5-18)34-14-15-35-22-12-8-20(28)9-13-22/h2-13,16,29H,14-15H2,1H3. The molecule has 1 amide bonds. The zero-order valence-electron chi connectivity index (χ0n) is 19.3. The monoisotopic (exact) mass is 560 g/mol. The van der Waals surface area contributed by atoms with Crippen LogP contribution in [-0.2, 0) is 4.79 Å². The number of hydrogen-bond donors (Lipinski definition) is 1. The van der Waals surface area contributed by atoms with E-state index in [0.717, 1.165) is 26.9 Å². The Morgan fingerprint density at radius 3 is 2.19 bits per heavy atom. The Morgan fingerprint density at radius 2 is 1.56 bits per heavy atom. The van der Waals surface area contributed by atoms with Gasteiger partial charge in [-0.15, -0.1) is 0 Å². The number of fused-ring (bicyclic) bond motifs is 1. The van der Waals surface area contributed by atoms with Crippen molar-refractivity contribution in [3.8, 4) is 11.5 Å². The molecule has 1 N–H and O–H groups in total. The lowest BCUT2D eigenvalue weighted by Crippen LogP contribution is -2.35. The van der Waals surface area contributed by atoms with Gasteiger partial charge in [0.15, 0.2) is 5.84 Å². The molecule has 2 aliphatic rings. The van der Waals surface area contributed by atoms with Gasteiger partial charge >= 0.3 is 0 Å². The van der Waals surface area contributed by atoms with Gasteiger partial charge in [0.1, 0.15) is 29.8 Å². The maximum atomic E-state index is 12.7. The predicted octanol–water partition coefficient (Wildman–Crippen LogP) is 5.88. The molecule has 0 radical (unpaired) electrons. The third-order valence-electron chi connectivity index (χ3n) is 5.38. The Morgan fingerprint density at radius 1 is 0.944 bits per heavy atom. The molecule has 5 rings (SSSR count). The van der Waals surface area contributed by atoms with Crippen LogP contribution in [0.2, 0.25) is 0 Å². The van der Waals surface area contributed by atoms with Crippen LogP contribution in [0.3, 0.4) is 0 Å². The van der Waals surface area contributed by atoms with E-state index in [1.54, 1.807) is 6.08 Å². The first-order chi connectivity index (χ1) is 17.5. The Hall–Kier alpha value is -3.69. The molecule has 3 aromatic carbocycles. The van der Waals surface area contributed by atoms with E-state index in [4.69, 9.17) is 14.9 Å². The summed E-state index contributed by atoms with van der Waals surface area (Å²) in [6, 6.07) is 22.9. The predicted molar refractivity (Wildman–Crippen MR) is 147 cm³/mol. The molecule has 180 valence electrons. The summed E-state index contributed by atoms with van der Waals surface area (Å²) in [6.07, 6.45) is 1.65. The van der Waals surface area contributed by atoms with Crippen LogP contribution < -0.4 is 9.47 Å². The molecule has 9 heteroatoms. The van der Waals surface area contributed by atoms with Crippen LogP contribution >= 0.6 is 27.7 Å². The minimum Gasteiger partial charge on any atom is -0.490 e. The van der Waals surface area contributed by atoms with Gasteiger partial charge in [0.05, 0.1) is 5.57 Å². The molecule has 7 nitrogen and oxygen atoms in total. The molecule has 2 heterocycles. The third-order valence-corrected chi connectivity index (χ3v) is 6.86. The fourth-order valence-electron chi connectivity index (χ4n) is 3.48. The highest BCUT2D eigenvalue weighted by molar-refractivity contribution is 9.10. The number of benzene rings is 3. The lowest BCUT2D eigenvalue weighted by atomic mass is 10.1. The van der Waals surface area contributed by atoms with E-state index in [1.165, 1.54) is 16.8 Å². The van der Waals surface area contributed by atoms with Crippen LogP contribution in [0.25, 0.3) is 6.08 Å². The molecule has 0 unspecified atom stereocenters. The van der Waals surface area contributed by atoms with Crippen LogP contribution in [0.5, 0.6) is 11.5 Å². The SMILES string of the molecule is Cc1ccc(C2=NN3C(=N)C(=Cc4ccc(OCCOc5ccc(Br)cc5)cc4)C(=O)N=C3S2)cc1. The van der Waals surface area contributed by atoms with E-state index in [-0.39, 0.29) is 11.4 Å². The second-order valence-corrected chi connectivity index (χ2v) is 9.88. The number of carbonyl (C=O) groups is 1. The zero-order valence-corrected chi connectivity index (χ0v) is 21.7. The number of halogens is 1. The topological polar surface area (TPSA) is 87.3 Å². The summed E-state index contributed by atoms with van der Waals surface area (Å²) in [5.41, 5.74) is 3.02. The molecule has 2 aliphatic heterocycles. The summed E-state index contributed by atoms with van der Waals surface area (Å²) in [4.78, 5) is 16.9. The van der Waals surface area contributed by atoms with Gasteiger partial charge in [-0.3, -0.25) is 10.2 Å². The minimum absolute atomic E-state index is 0.00466. The van der Waals surface area contributed by atoms with E-state index >= 15 is 0 Å². The third kappa shape index (κ3) is 5.42. The van der Waals surface area contributed by atoms with Crippen molar-refractivity contribution < 1.29 is 14.3 Å². The van der Waals surface area contributed by atoms with Crippen LogP contribution in [0.15, 0.2) is 92.9 Å². The molecular formula is C27H21BrN4O3S. The summed E-state index contributed by atoms with van der Waals surface area (Å²) in [6.45, 7) is 2.83. The first-order valence-corrected chi connectivity index (χ1v) is 12.8. The van der Waals surface area contributed by atoms with Crippen molar-refractivity contribution >= 4 is 55.7 Å². The first kappa shape index (κ1) is 24.0. The summed E-state index contributed by atoms with van der Waals surface area (Å²) < 4.78 is 12.4. The lowest BCUT2D eigenvalue weighted by Gasteiger charge is -2.20. The molecule has 0 bridgehead atoms. The van der Waals surface area contributed by atoms with Crippen molar-refractivity contribution in [3.05, 3.63) is 99.5 Å². The minimum atomic E-state index is -0.454. The molecule has 3 aromatic rings. The highest BCUT2D eigenvalue weighted by Gasteiger charge is 2.36. The van der Waals surface area contributed by atoms with Crippen molar-refractivity contribution in [1.29, 1.82) is 5.41 Å². The zero-order chi connectivity index (χ0) is 25.1. The van der Waals surface area contributed by atoms with Crippen LogP contribution in [0, 0.1) is 12.3 Å².